The van der Waals surface area contributed by atoms with Crippen LogP contribution in [-0.4, -0.2) is 15.9 Å². The van der Waals surface area contributed by atoms with Crippen molar-refractivity contribution in [2.45, 2.75) is 26.8 Å². The van der Waals surface area contributed by atoms with Crippen LogP contribution in [0.25, 0.3) is 0 Å². The summed E-state index contributed by atoms with van der Waals surface area (Å²) in [6, 6.07) is 0. The maximum absolute atomic E-state index is 11.9. The number of carbonyl (C=O) groups is 1. The zero-order chi connectivity index (χ0) is 12.2. The van der Waals surface area contributed by atoms with Crippen LogP contribution in [0.2, 0.25) is 0 Å². The van der Waals surface area contributed by atoms with Gasteiger partial charge in [-0.25, -0.2) is 4.98 Å². The van der Waals surface area contributed by atoms with Gasteiger partial charge in [-0.1, -0.05) is 19.1 Å². The second-order valence-corrected chi connectivity index (χ2v) is 5.08. The van der Waals surface area contributed by atoms with E-state index in [1.165, 1.54) is 11.3 Å². The fourth-order valence-corrected chi connectivity index (χ4v) is 1.93. The molecule has 16 heavy (non-hydrogen) atoms. The maximum atomic E-state index is 11.9. The number of thiazole rings is 1. The smallest absolute Gasteiger partial charge is 0.233 e. The van der Waals surface area contributed by atoms with E-state index >= 15 is 0 Å². The highest BCUT2D eigenvalue weighted by Gasteiger charge is 2.34. The molecule has 1 atom stereocenters. The van der Waals surface area contributed by atoms with Crippen molar-refractivity contribution in [3.63, 3.8) is 0 Å². The van der Waals surface area contributed by atoms with Gasteiger partial charge in [0.2, 0.25) is 5.91 Å². The molecule has 0 radical (unpaired) electrons. The highest BCUT2D eigenvalue weighted by Crippen LogP contribution is 2.21. The van der Waals surface area contributed by atoms with E-state index in [0.29, 0.717) is 13.0 Å². The summed E-state index contributed by atoms with van der Waals surface area (Å²) in [5.74, 6) is -0.141. The normalized spacial score (nSPS) is 14.1. The van der Waals surface area contributed by atoms with Crippen LogP contribution in [0.5, 0.6) is 0 Å². The molecule has 0 aliphatic rings. The van der Waals surface area contributed by atoms with Crippen molar-refractivity contribution in [1.82, 2.24) is 10.3 Å². The van der Waals surface area contributed by atoms with Gasteiger partial charge in [-0.15, -0.1) is 11.3 Å². The number of carbonyl (C=O) groups excluding carboxylic acids is 1. The molecule has 3 N–H and O–H groups in total. The number of nitrogens with zero attached hydrogens (tertiary/aromatic N) is 1. The molecule has 0 saturated heterocycles. The summed E-state index contributed by atoms with van der Waals surface area (Å²) >= 11 is 6.43. The molecule has 0 bridgehead atoms. The van der Waals surface area contributed by atoms with Crippen LogP contribution in [0, 0.1) is 5.41 Å². The molecule has 6 heteroatoms. The third-order valence-electron chi connectivity index (χ3n) is 2.64. The molecule has 88 valence electrons. The first-order chi connectivity index (χ1) is 7.50. The topological polar surface area (TPSA) is 68.0 Å². The molecule has 0 aromatic carbocycles. The van der Waals surface area contributed by atoms with Crippen LogP contribution < -0.4 is 11.1 Å². The van der Waals surface area contributed by atoms with Crippen LogP contribution in [-0.2, 0) is 11.3 Å². The van der Waals surface area contributed by atoms with E-state index < -0.39 is 5.41 Å². The Morgan fingerprint density at radius 1 is 1.75 bits per heavy atom. The van der Waals surface area contributed by atoms with Gasteiger partial charge < -0.3 is 11.1 Å². The largest absolute Gasteiger partial charge is 0.392 e. The molecule has 0 spiro atoms. The predicted molar refractivity (Wildman–Crippen MR) is 69.1 cm³/mol. The molecule has 4 nitrogen and oxygen atoms in total. The molecular formula is C10H15N3OS2. The zero-order valence-electron chi connectivity index (χ0n) is 9.32. The van der Waals surface area contributed by atoms with Gasteiger partial charge in [0.25, 0.3) is 0 Å². The van der Waals surface area contributed by atoms with E-state index in [1.54, 1.807) is 13.1 Å². The third-order valence-corrected chi connectivity index (χ3v) is 3.87. The standard InChI is InChI=1S/C10H15N3OS2/c1-3-10(2,8(11)15)9(14)13-6-7-12-4-5-16-7/h4-5H,3,6H2,1-2H3,(H2,11,15)(H,13,14). The summed E-state index contributed by atoms with van der Waals surface area (Å²) in [7, 11) is 0. The van der Waals surface area contributed by atoms with E-state index in [4.69, 9.17) is 18.0 Å². The van der Waals surface area contributed by atoms with Gasteiger partial charge in [0, 0.05) is 11.6 Å². The van der Waals surface area contributed by atoms with Crippen LogP contribution in [0.1, 0.15) is 25.3 Å². The van der Waals surface area contributed by atoms with Crippen LogP contribution in [0.4, 0.5) is 0 Å². The average molecular weight is 257 g/mol. The first-order valence-corrected chi connectivity index (χ1v) is 6.26. The van der Waals surface area contributed by atoms with Gasteiger partial charge in [0.15, 0.2) is 0 Å². The average Bonchev–Trinajstić information content (AvgIpc) is 2.77. The number of nitrogens with two attached hydrogens (primary N) is 1. The Morgan fingerprint density at radius 3 is 2.88 bits per heavy atom. The van der Waals surface area contributed by atoms with Crippen LogP contribution >= 0.6 is 23.6 Å². The maximum Gasteiger partial charge on any atom is 0.233 e. The molecule has 1 aromatic heterocycles. The van der Waals surface area contributed by atoms with Gasteiger partial charge in [0.05, 0.1) is 16.9 Å². The van der Waals surface area contributed by atoms with E-state index in [1.807, 2.05) is 12.3 Å². The summed E-state index contributed by atoms with van der Waals surface area (Å²) in [5, 5.41) is 5.54. The van der Waals surface area contributed by atoms with Gasteiger partial charge in [-0.05, 0) is 13.3 Å². The number of rotatable bonds is 5. The Labute approximate surface area is 104 Å². The monoisotopic (exact) mass is 257 g/mol. The number of amides is 1. The first kappa shape index (κ1) is 13.1. The van der Waals surface area contributed by atoms with Gasteiger partial charge in [-0.3, -0.25) is 4.79 Å². The predicted octanol–water partition coefficient (Wildman–Crippen LogP) is 1.46. The molecule has 1 aromatic rings. The van der Waals surface area contributed by atoms with E-state index in [0.717, 1.165) is 5.01 Å². The number of thiocarbonyl (C=S) groups is 1. The minimum absolute atomic E-state index is 0.141. The second-order valence-electron chi connectivity index (χ2n) is 3.66. The summed E-state index contributed by atoms with van der Waals surface area (Å²) in [4.78, 5) is 16.2. The van der Waals surface area contributed by atoms with Gasteiger partial charge in [0.1, 0.15) is 5.01 Å². The summed E-state index contributed by atoms with van der Waals surface area (Å²) < 4.78 is 0. The number of hydrogen-bond acceptors (Lipinski definition) is 4. The lowest BCUT2D eigenvalue weighted by Crippen LogP contribution is -2.46. The fourth-order valence-electron chi connectivity index (χ4n) is 1.14. The first-order valence-electron chi connectivity index (χ1n) is 4.97. The van der Waals surface area contributed by atoms with E-state index in [9.17, 15) is 4.79 Å². The minimum atomic E-state index is -0.771. The Bertz CT molecular complexity index is 377. The Kier molecular flexibility index (Phi) is 4.37. The van der Waals surface area contributed by atoms with Gasteiger partial charge in [-0.2, -0.15) is 0 Å². The molecule has 0 fully saturated rings. The van der Waals surface area contributed by atoms with Crippen molar-refractivity contribution in [3.05, 3.63) is 16.6 Å². The number of aromatic nitrogens is 1. The van der Waals surface area contributed by atoms with Gasteiger partial charge >= 0.3 is 0 Å². The highest BCUT2D eigenvalue weighted by atomic mass is 32.1. The van der Waals surface area contributed by atoms with Crippen molar-refractivity contribution in [2.24, 2.45) is 11.1 Å². The molecule has 1 amide bonds. The molecule has 1 heterocycles. The number of nitrogens with one attached hydrogen (secondary N) is 1. The Hall–Kier alpha value is -1.01. The molecule has 1 unspecified atom stereocenters. The molecule has 0 saturated carbocycles. The van der Waals surface area contributed by atoms with Crippen molar-refractivity contribution in [2.75, 3.05) is 0 Å². The lowest BCUT2D eigenvalue weighted by Gasteiger charge is -2.25. The highest BCUT2D eigenvalue weighted by molar-refractivity contribution is 7.80. The summed E-state index contributed by atoms with van der Waals surface area (Å²) in [6.07, 6.45) is 2.30. The van der Waals surface area contributed by atoms with Crippen molar-refractivity contribution < 1.29 is 4.79 Å². The molecule has 1 rings (SSSR count). The number of hydrogen-bond donors (Lipinski definition) is 2. The van der Waals surface area contributed by atoms with Crippen molar-refractivity contribution >= 4 is 34.5 Å². The fraction of sp³-hybridized carbons (Fsp3) is 0.500. The molecular weight excluding hydrogens is 242 g/mol. The minimum Gasteiger partial charge on any atom is -0.392 e. The third kappa shape index (κ3) is 2.76. The summed E-state index contributed by atoms with van der Waals surface area (Å²) in [5.41, 5.74) is 4.82. The summed E-state index contributed by atoms with van der Waals surface area (Å²) in [6.45, 7) is 4.07. The van der Waals surface area contributed by atoms with E-state index in [2.05, 4.69) is 10.3 Å². The molecule has 0 aliphatic heterocycles. The SMILES string of the molecule is CCC(C)(C(=O)NCc1nccs1)C(N)=S. The van der Waals surface area contributed by atoms with Crippen LogP contribution in [0.15, 0.2) is 11.6 Å². The Balaban J connectivity index is 2.60. The quantitative estimate of drug-likeness (QED) is 0.784. The lowest BCUT2D eigenvalue weighted by atomic mass is 9.86. The molecule has 0 aliphatic carbocycles. The second kappa shape index (κ2) is 5.36. The Morgan fingerprint density at radius 2 is 2.44 bits per heavy atom. The van der Waals surface area contributed by atoms with E-state index in [-0.39, 0.29) is 10.9 Å². The zero-order valence-corrected chi connectivity index (χ0v) is 11.0. The van der Waals surface area contributed by atoms with Crippen molar-refractivity contribution in [3.8, 4) is 0 Å². The van der Waals surface area contributed by atoms with Crippen molar-refractivity contribution in [1.29, 1.82) is 0 Å². The lowest BCUT2D eigenvalue weighted by molar-refractivity contribution is -0.127. The van der Waals surface area contributed by atoms with Crippen LogP contribution in [0.3, 0.4) is 0 Å².